The average Bonchev–Trinajstić information content (AvgIpc) is 2.16. The fourth-order valence-corrected chi connectivity index (χ4v) is 1.64. The summed E-state index contributed by atoms with van der Waals surface area (Å²) in [5.41, 5.74) is 0. The SMILES string of the molecule is O=C(O)CC1CN(C(=O)CCOCC(F)F)C1. The van der Waals surface area contributed by atoms with Crippen molar-refractivity contribution in [2.75, 3.05) is 26.3 Å². The molecule has 0 spiro atoms. The summed E-state index contributed by atoms with van der Waals surface area (Å²) in [6, 6.07) is 0. The van der Waals surface area contributed by atoms with E-state index in [-0.39, 0.29) is 31.3 Å². The first-order valence-electron chi connectivity index (χ1n) is 5.34. The second-order valence-electron chi connectivity index (χ2n) is 3.98. The predicted molar refractivity (Wildman–Crippen MR) is 53.8 cm³/mol. The Kier molecular flexibility index (Phi) is 5.27. The lowest BCUT2D eigenvalue weighted by Crippen LogP contribution is -2.50. The second kappa shape index (κ2) is 6.48. The molecule has 1 amide bonds. The van der Waals surface area contributed by atoms with Crippen LogP contribution >= 0.6 is 0 Å². The van der Waals surface area contributed by atoms with Gasteiger partial charge in [-0.1, -0.05) is 0 Å². The van der Waals surface area contributed by atoms with E-state index < -0.39 is 19.0 Å². The quantitative estimate of drug-likeness (QED) is 0.672. The largest absolute Gasteiger partial charge is 0.481 e. The molecule has 1 rings (SSSR count). The highest BCUT2D eigenvalue weighted by Crippen LogP contribution is 2.19. The molecule has 0 aliphatic carbocycles. The number of carboxylic acid groups (broad SMARTS) is 1. The topological polar surface area (TPSA) is 66.8 Å². The smallest absolute Gasteiger partial charge is 0.303 e. The van der Waals surface area contributed by atoms with E-state index in [0.29, 0.717) is 13.1 Å². The molecule has 1 N–H and O–H groups in total. The third-order valence-corrected chi connectivity index (χ3v) is 2.48. The number of ether oxygens (including phenoxy) is 1. The average molecular weight is 251 g/mol. The van der Waals surface area contributed by atoms with Crippen LogP contribution in [0.5, 0.6) is 0 Å². The Labute approximate surface area is 97.3 Å². The number of hydrogen-bond acceptors (Lipinski definition) is 3. The summed E-state index contributed by atoms with van der Waals surface area (Å²) in [7, 11) is 0. The van der Waals surface area contributed by atoms with Crippen molar-refractivity contribution in [1.82, 2.24) is 4.90 Å². The van der Waals surface area contributed by atoms with E-state index >= 15 is 0 Å². The molecule has 1 fully saturated rings. The first-order chi connectivity index (χ1) is 7.99. The third-order valence-electron chi connectivity index (χ3n) is 2.48. The molecule has 1 heterocycles. The van der Waals surface area contributed by atoms with Crippen molar-refractivity contribution >= 4 is 11.9 Å². The molecule has 0 aromatic carbocycles. The first-order valence-corrected chi connectivity index (χ1v) is 5.34. The van der Waals surface area contributed by atoms with Gasteiger partial charge in [-0.15, -0.1) is 0 Å². The van der Waals surface area contributed by atoms with Crippen molar-refractivity contribution in [2.45, 2.75) is 19.3 Å². The number of alkyl halides is 2. The minimum absolute atomic E-state index is 0.0124. The number of halogens is 2. The summed E-state index contributed by atoms with van der Waals surface area (Å²) in [4.78, 5) is 23.3. The zero-order valence-corrected chi connectivity index (χ0v) is 9.27. The predicted octanol–water partition coefficient (Wildman–Crippen LogP) is 0.591. The van der Waals surface area contributed by atoms with Crippen LogP contribution in [0.3, 0.4) is 0 Å². The number of nitrogens with zero attached hydrogens (tertiary/aromatic N) is 1. The van der Waals surface area contributed by atoms with Crippen molar-refractivity contribution < 1.29 is 28.2 Å². The maximum absolute atomic E-state index is 11.7. The summed E-state index contributed by atoms with van der Waals surface area (Å²) in [5.74, 6) is -1.04. The van der Waals surface area contributed by atoms with Gasteiger partial charge in [0.05, 0.1) is 19.4 Å². The zero-order chi connectivity index (χ0) is 12.8. The molecule has 0 aromatic rings. The van der Waals surface area contributed by atoms with Gasteiger partial charge < -0.3 is 14.7 Å². The van der Waals surface area contributed by atoms with Gasteiger partial charge in [-0.05, 0) is 0 Å². The lowest BCUT2D eigenvalue weighted by atomic mass is 9.96. The van der Waals surface area contributed by atoms with Gasteiger partial charge in [0, 0.05) is 19.0 Å². The van der Waals surface area contributed by atoms with Crippen LogP contribution in [0, 0.1) is 5.92 Å². The molecule has 17 heavy (non-hydrogen) atoms. The molecule has 0 saturated carbocycles. The van der Waals surface area contributed by atoms with Gasteiger partial charge in [-0.2, -0.15) is 0 Å². The number of rotatable bonds is 7. The van der Waals surface area contributed by atoms with E-state index in [0.717, 1.165) is 0 Å². The highest BCUT2D eigenvalue weighted by Gasteiger charge is 2.31. The molecular formula is C10H15F2NO4. The minimum Gasteiger partial charge on any atom is -0.481 e. The van der Waals surface area contributed by atoms with Crippen molar-refractivity contribution in [3.8, 4) is 0 Å². The van der Waals surface area contributed by atoms with Gasteiger partial charge in [0.15, 0.2) is 0 Å². The van der Waals surface area contributed by atoms with Gasteiger partial charge >= 0.3 is 5.97 Å². The monoisotopic (exact) mass is 251 g/mol. The minimum atomic E-state index is -2.52. The fourth-order valence-electron chi connectivity index (χ4n) is 1.64. The Balaban J connectivity index is 2.05. The zero-order valence-electron chi connectivity index (χ0n) is 9.27. The molecular weight excluding hydrogens is 236 g/mol. The van der Waals surface area contributed by atoms with Crippen LogP contribution in [0.25, 0.3) is 0 Å². The molecule has 0 atom stereocenters. The molecule has 5 nitrogen and oxygen atoms in total. The Morgan fingerprint density at radius 3 is 2.59 bits per heavy atom. The van der Waals surface area contributed by atoms with Gasteiger partial charge in [0.25, 0.3) is 6.43 Å². The molecule has 0 bridgehead atoms. The van der Waals surface area contributed by atoms with Crippen LogP contribution < -0.4 is 0 Å². The summed E-state index contributed by atoms with van der Waals surface area (Å²) in [6.45, 7) is 0.179. The van der Waals surface area contributed by atoms with E-state index in [9.17, 15) is 18.4 Å². The second-order valence-corrected chi connectivity index (χ2v) is 3.98. The molecule has 7 heteroatoms. The van der Waals surface area contributed by atoms with Crippen LogP contribution in [0.4, 0.5) is 8.78 Å². The lowest BCUT2D eigenvalue weighted by molar-refractivity contribution is -0.145. The summed E-state index contributed by atoms with van der Waals surface area (Å²) in [5, 5.41) is 8.50. The van der Waals surface area contributed by atoms with E-state index in [4.69, 9.17) is 5.11 Å². The van der Waals surface area contributed by atoms with Crippen LogP contribution in [0.2, 0.25) is 0 Å². The van der Waals surface area contributed by atoms with Gasteiger partial charge in [0.1, 0.15) is 6.61 Å². The van der Waals surface area contributed by atoms with E-state index in [1.807, 2.05) is 0 Å². The third kappa shape index (κ3) is 5.08. The Bertz CT molecular complexity index is 279. The number of hydrogen-bond donors (Lipinski definition) is 1. The van der Waals surface area contributed by atoms with E-state index in [2.05, 4.69) is 4.74 Å². The molecule has 0 aromatic heterocycles. The van der Waals surface area contributed by atoms with Gasteiger partial charge in [0.2, 0.25) is 5.91 Å². The Hall–Kier alpha value is -1.24. The lowest BCUT2D eigenvalue weighted by Gasteiger charge is -2.38. The maximum atomic E-state index is 11.7. The summed E-state index contributed by atoms with van der Waals surface area (Å²) < 4.78 is 28.0. The van der Waals surface area contributed by atoms with Crippen molar-refractivity contribution in [2.24, 2.45) is 5.92 Å². The van der Waals surface area contributed by atoms with E-state index in [1.165, 1.54) is 4.90 Å². The number of carboxylic acids is 1. The number of carbonyl (C=O) groups excluding carboxylic acids is 1. The van der Waals surface area contributed by atoms with Crippen molar-refractivity contribution in [3.63, 3.8) is 0 Å². The Morgan fingerprint density at radius 2 is 2.06 bits per heavy atom. The molecule has 1 saturated heterocycles. The van der Waals surface area contributed by atoms with Crippen LogP contribution in [-0.4, -0.2) is 54.6 Å². The molecule has 1 aliphatic heterocycles. The number of carbonyl (C=O) groups is 2. The maximum Gasteiger partial charge on any atom is 0.303 e. The molecule has 0 radical (unpaired) electrons. The molecule has 98 valence electrons. The van der Waals surface area contributed by atoms with Crippen LogP contribution in [0.15, 0.2) is 0 Å². The van der Waals surface area contributed by atoms with Gasteiger partial charge in [-0.3, -0.25) is 9.59 Å². The normalized spacial score (nSPS) is 16.1. The summed E-state index contributed by atoms with van der Waals surface area (Å²) in [6.07, 6.45) is -2.40. The van der Waals surface area contributed by atoms with Crippen molar-refractivity contribution in [3.05, 3.63) is 0 Å². The Morgan fingerprint density at radius 1 is 1.41 bits per heavy atom. The number of aliphatic carboxylic acids is 1. The summed E-state index contributed by atoms with van der Waals surface area (Å²) >= 11 is 0. The van der Waals surface area contributed by atoms with Crippen LogP contribution in [0.1, 0.15) is 12.8 Å². The van der Waals surface area contributed by atoms with E-state index in [1.54, 1.807) is 0 Å². The molecule has 0 unspecified atom stereocenters. The first kappa shape index (κ1) is 13.8. The van der Waals surface area contributed by atoms with Crippen molar-refractivity contribution in [1.29, 1.82) is 0 Å². The van der Waals surface area contributed by atoms with Gasteiger partial charge in [-0.25, -0.2) is 8.78 Å². The molecule has 1 aliphatic rings. The number of amides is 1. The standard InChI is InChI=1S/C10H15F2NO4/c11-8(12)6-17-2-1-9(14)13-4-7(5-13)3-10(15)16/h7-8H,1-6H2,(H,15,16). The highest BCUT2D eigenvalue weighted by molar-refractivity contribution is 5.77. The number of likely N-dealkylation sites (tertiary alicyclic amines) is 1. The fraction of sp³-hybridized carbons (Fsp3) is 0.800. The van der Waals surface area contributed by atoms with Crippen LogP contribution in [-0.2, 0) is 14.3 Å². The highest BCUT2D eigenvalue weighted by atomic mass is 19.3.